The van der Waals surface area contributed by atoms with E-state index in [2.05, 4.69) is 15.3 Å². The molecule has 2 heterocycles. The van der Waals surface area contributed by atoms with Crippen LogP contribution < -0.4 is 5.32 Å². The van der Waals surface area contributed by atoms with E-state index >= 15 is 0 Å². The molecule has 94 valence electrons. The van der Waals surface area contributed by atoms with Crippen LogP contribution in [-0.4, -0.2) is 15.9 Å². The van der Waals surface area contributed by atoms with E-state index in [9.17, 15) is 4.79 Å². The quantitative estimate of drug-likeness (QED) is 0.795. The van der Waals surface area contributed by atoms with Crippen molar-refractivity contribution in [1.29, 1.82) is 0 Å². The molecule has 0 aliphatic rings. The Hall–Kier alpha value is -2.27. The van der Waals surface area contributed by atoms with Crippen LogP contribution in [0.1, 0.15) is 15.4 Å². The maximum absolute atomic E-state index is 11.9. The Morgan fingerprint density at radius 1 is 1.21 bits per heavy atom. The van der Waals surface area contributed by atoms with Gasteiger partial charge in [-0.25, -0.2) is 4.98 Å². The molecule has 0 aliphatic carbocycles. The van der Waals surface area contributed by atoms with Crippen molar-refractivity contribution >= 4 is 27.5 Å². The lowest BCUT2D eigenvalue weighted by molar-refractivity contribution is 0.0950. The van der Waals surface area contributed by atoms with Crippen molar-refractivity contribution < 1.29 is 4.79 Å². The van der Waals surface area contributed by atoms with Crippen LogP contribution in [0, 0.1) is 0 Å². The van der Waals surface area contributed by atoms with Gasteiger partial charge in [0.15, 0.2) is 0 Å². The summed E-state index contributed by atoms with van der Waals surface area (Å²) in [5.41, 5.74) is 1.53. The van der Waals surface area contributed by atoms with Gasteiger partial charge in [-0.05, 0) is 24.3 Å². The first-order valence-corrected chi connectivity index (χ1v) is 6.67. The number of thiazole rings is 1. The largest absolute Gasteiger partial charge is 0.345 e. The van der Waals surface area contributed by atoms with Crippen LogP contribution in [0.2, 0.25) is 0 Å². The number of hydrogen-bond donors (Lipinski definition) is 1. The van der Waals surface area contributed by atoms with Crippen molar-refractivity contribution in [3.63, 3.8) is 0 Å². The van der Waals surface area contributed by atoms with Gasteiger partial charge in [0.05, 0.1) is 22.3 Å². The number of carbonyl (C=O) groups excluding carboxylic acids is 1. The molecular formula is C14H11N3OS. The highest BCUT2D eigenvalue weighted by Crippen LogP contribution is 2.21. The zero-order chi connectivity index (χ0) is 13.1. The number of pyridine rings is 1. The van der Waals surface area contributed by atoms with Crippen molar-refractivity contribution in [2.75, 3.05) is 0 Å². The van der Waals surface area contributed by atoms with Crippen molar-refractivity contribution in [2.24, 2.45) is 0 Å². The molecule has 0 atom stereocenters. The number of fused-ring (bicyclic) bond motifs is 1. The third-order valence-corrected chi connectivity index (χ3v) is 3.70. The average Bonchev–Trinajstić information content (AvgIpc) is 2.88. The van der Waals surface area contributed by atoms with Crippen molar-refractivity contribution in [2.45, 2.75) is 6.54 Å². The van der Waals surface area contributed by atoms with E-state index in [-0.39, 0.29) is 5.91 Å². The molecule has 0 spiro atoms. The van der Waals surface area contributed by atoms with Crippen LogP contribution >= 0.6 is 11.3 Å². The smallest absolute Gasteiger partial charge is 0.253 e. The molecular weight excluding hydrogens is 258 g/mol. The lowest BCUT2D eigenvalue weighted by Crippen LogP contribution is -2.22. The number of aromatic nitrogens is 2. The molecule has 0 unspecified atom stereocenters. The highest BCUT2D eigenvalue weighted by atomic mass is 32.1. The molecule has 0 fully saturated rings. The fourth-order valence-corrected chi connectivity index (χ4v) is 2.66. The zero-order valence-corrected chi connectivity index (χ0v) is 10.9. The van der Waals surface area contributed by atoms with Gasteiger partial charge in [-0.15, -0.1) is 11.3 Å². The van der Waals surface area contributed by atoms with Crippen LogP contribution in [0.3, 0.4) is 0 Å². The summed E-state index contributed by atoms with van der Waals surface area (Å²) in [6.07, 6.45) is 3.19. The molecule has 1 N–H and O–H groups in total. The average molecular weight is 269 g/mol. The Labute approximate surface area is 114 Å². The number of nitrogens with one attached hydrogen (secondary N) is 1. The maximum atomic E-state index is 11.9. The van der Waals surface area contributed by atoms with Crippen LogP contribution in [0.4, 0.5) is 0 Å². The normalized spacial score (nSPS) is 10.5. The second-order valence-corrected chi connectivity index (χ2v) is 5.11. The number of amides is 1. The number of benzene rings is 1. The molecule has 4 nitrogen and oxygen atoms in total. The number of hydrogen-bond acceptors (Lipinski definition) is 4. The monoisotopic (exact) mass is 269 g/mol. The third-order valence-electron chi connectivity index (χ3n) is 2.66. The molecule has 0 saturated heterocycles. The summed E-state index contributed by atoms with van der Waals surface area (Å²) < 4.78 is 1.13. The maximum Gasteiger partial charge on any atom is 0.253 e. The summed E-state index contributed by atoms with van der Waals surface area (Å²) in [5.74, 6) is -0.132. The molecule has 0 aliphatic heterocycles. The standard InChI is InChI=1S/C14H11N3OS/c18-14(10-4-3-7-15-8-10)16-9-13-17-11-5-1-2-6-12(11)19-13/h1-8H,9H2,(H,16,18). The highest BCUT2D eigenvalue weighted by Gasteiger charge is 2.07. The lowest BCUT2D eigenvalue weighted by atomic mass is 10.3. The lowest BCUT2D eigenvalue weighted by Gasteiger charge is -2.01. The summed E-state index contributed by atoms with van der Waals surface area (Å²) in [6.45, 7) is 0.438. The predicted molar refractivity (Wildman–Crippen MR) is 75.0 cm³/mol. The highest BCUT2D eigenvalue weighted by molar-refractivity contribution is 7.18. The molecule has 3 rings (SSSR count). The van der Waals surface area contributed by atoms with Crippen LogP contribution in [0.5, 0.6) is 0 Å². The summed E-state index contributed by atoms with van der Waals surface area (Å²) in [5, 5.41) is 3.75. The number of para-hydroxylation sites is 1. The van der Waals surface area contributed by atoms with Gasteiger partial charge in [0, 0.05) is 12.4 Å². The van der Waals surface area contributed by atoms with Gasteiger partial charge in [0.1, 0.15) is 5.01 Å². The molecule has 0 bridgehead atoms. The van der Waals surface area contributed by atoms with Crippen molar-refractivity contribution in [3.05, 3.63) is 59.4 Å². The minimum Gasteiger partial charge on any atom is -0.345 e. The summed E-state index contributed by atoms with van der Waals surface area (Å²) in [4.78, 5) is 20.2. The van der Waals surface area contributed by atoms with Gasteiger partial charge < -0.3 is 5.32 Å². The second-order valence-electron chi connectivity index (χ2n) is 4.00. The van der Waals surface area contributed by atoms with Gasteiger partial charge in [0.25, 0.3) is 5.91 Å². The first-order valence-electron chi connectivity index (χ1n) is 5.85. The van der Waals surface area contributed by atoms with Crippen LogP contribution in [0.15, 0.2) is 48.8 Å². The SMILES string of the molecule is O=C(NCc1nc2ccccc2s1)c1cccnc1. The minimum absolute atomic E-state index is 0.132. The van der Waals surface area contributed by atoms with E-state index < -0.39 is 0 Å². The molecule has 2 aromatic heterocycles. The molecule has 5 heteroatoms. The zero-order valence-electron chi connectivity index (χ0n) is 10.0. The van der Waals surface area contributed by atoms with E-state index in [0.29, 0.717) is 12.1 Å². The Kier molecular flexibility index (Phi) is 3.20. The Balaban J connectivity index is 1.71. The first kappa shape index (κ1) is 11.8. The molecule has 3 aromatic rings. The summed E-state index contributed by atoms with van der Waals surface area (Å²) in [7, 11) is 0. The van der Waals surface area contributed by atoms with Gasteiger partial charge in [0.2, 0.25) is 0 Å². The Morgan fingerprint density at radius 2 is 2.11 bits per heavy atom. The van der Waals surface area contributed by atoms with Gasteiger partial charge in [-0.3, -0.25) is 9.78 Å². The van der Waals surface area contributed by atoms with E-state index in [1.807, 2.05) is 24.3 Å². The predicted octanol–water partition coefficient (Wildman–Crippen LogP) is 2.62. The van der Waals surface area contributed by atoms with E-state index in [1.54, 1.807) is 35.9 Å². The molecule has 1 aromatic carbocycles. The topological polar surface area (TPSA) is 54.9 Å². The van der Waals surface area contributed by atoms with Gasteiger partial charge in [-0.1, -0.05) is 12.1 Å². The summed E-state index contributed by atoms with van der Waals surface area (Å²) in [6, 6.07) is 11.4. The van der Waals surface area contributed by atoms with Crippen molar-refractivity contribution in [3.8, 4) is 0 Å². The third kappa shape index (κ3) is 2.61. The molecule has 0 radical (unpaired) electrons. The fraction of sp³-hybridized carbons (Fsp3) is 0.0714. The van der Waals surface area contributed by atoms with E-state index in [0.717, 1.165) is 15.2 Å². The van der Waals surface area contributed by atoms with E-state index in [4.69, 9.17) is 0 Å². The number of nitrogens with zero attached hydrogens (tertiary/aromatic N) is 2. The molecule has 1 amide bonds. The van der Waals surface area contributed by atoms with E-state index in [1.165, 1.54) is 0 Å². The number of rotatable bonds is 3. The van der Waals surface area contributed by atoms with Gasteiger partial charge >= 0.3 is 0 Å². The first-order chi connectivity index (χ1) is 9.33. The van der Waals surface area contributed by atoms with Crippen LogP contribution in [0.25, 0.3) is 10.2 Å². The number of carbonyl (C=O) groups is 1. The second kappa shape index (κ2) is 5.16. The van der Waals surface area contributed by atoms with Crippen LogP contribution in [-0.2, 0) is 6.54 Å². The minimum atomic E-state index is -0.132. The molecule has 0 saturated carbocycles. The summed E-state index contributed by atoms with van der Waals surface area (Å²) >= 11 is 1.59. The molecule has 19 heavy (non-hydrogen) atoms. The Bertz CT molecular complexity index is 676. The van der Waals surface area contributed by atoms with Gasteiger partial charge in [-0.2, -0.15) is 0 Å². The van der Waals surface area contributed by atoms with Crippen molar-refractivity contribution in [1.82, 2.24) is 15.3 Å². The fourth-order valence-electron chi connectivity index (χ4n) is 1.75. The Morgan fingerprint density at radius 3 is 2.89 bits per heavy atom.